The number of ether oxygens (including phenoxy) is 2. The first-order chi connectivity index (χ1) is 10.1. The molecule has 0 N–H and O–H groups in total. The first-order valence-electron chi connectivity index (χ1n) is 7.41. The lowest BCUT2D eigenvalue weighted by molar-refractivity contribution is -0.141. The molecule has 0 aromatic carbocycles. The molecule has 1 fully saturated rings. The Morgan fingerprint density at radius 3 is 2.71 bits per heavy atom. The second kappa shape index (κ2) is 7.87. The van der Waals surface area contributed by atoms with E-state index in [1.807, 2.05) is 6.92 Å². The lowest BCUT2D eigenvalue weighted by Gasteiger charge is -2.33. The third-order valence-electron chi connectivity index (χ3n) is 3.95. The van der Waals surface area contributed by atoms with Gasteiger partial charge in [-0.1, -0.05) is 0 Å². The van der Waals surface area contributed by atoms with E-state index < -0.39 is 0 Å². The van der Waals surface area contributed by atoms with Crippen LogP contribution in [0.4, 0.5) is 0 Å². The van der Waals surface area contributed by atoms with Crippen LogP contribution in [-0.2, 0) is 20.8 Å². The molecule has 2 heterocycles. The molecule has 0 spiro atoms. The van der Waals surface area contributed by atoms with Crippen molar-refractivity contribution in [2.75, 3.05) is 26.9 Å². The summed E-state index contributed by atoms with van der Waals surface area (Å²) in [5.41, 5.74) is 1.11. The fourth-order valence-corrected chi connectivity index (χ4v) is 3.52. The van der Waals surface area contributed by atoms with Crippen LogP contribution in [0.1, 0.15) is 34.8 Å². The maximum atomic E-state index is 11.4. The SMILES string of the molecule is COC(=O)CCN(Cc1nc(C)c(C)s1)C1CCOCC1. The highest BCUT2D eigenvalue weighted by Gasteiger charge is 2.23. The van der Waals surface area contributed by atoms with Gasteiger partial charge in [-0.25, -0.2) is 4.98 Å². The number of hydrogen-bond donors (Lipinski definition) is 0. The van der Waals surface area contributed by atoms with E-state index in [-0.39, 0.29) is 5.97 Å². The van der Waals surface area contributed by atoms with Crippen molar-refractivity contribution in [3.63, 3.8) is 0 Å². The molecule has 0 bridgehead atoms. The Hall–Kier alpha value is -0.980. The zero-order valence-electron chi connectivity index (χ0n) is 13.1. The maximum Gasteiger partial charge on any atom is 0.306 e. The Labute approximate surface area is 130 Å². The third kappa shape index (κ3) is 4.76. The van der Waals surface area contributed by atoms with E-state index in [9.17, 15) is 4.79 Å². The number of aromatic nitrogens is 1. The van der Waals surface area contributed by atoms with Crippen LogP contribution in [0, 0.1) is 13.8 Å². The Bertz CT molecular complexity index is 450. The zero-order valence-corrected chi connectivity index (χ0v) is 13.9. The van der Waals surface area contributed by atoms with Gasteiger partial charge in [0.05, 0.1) is 25.8 Å². The van der Waals surface area contributed by atoms with Crippen molar-refractivity contribution < 1.29 is 14.3 Å². The summed E-state index contributed by atoms with van der Waals surface area (Å²) in [5, 5.41) is 1.13. The van der Waals surface area contributed by atoms with Gasteiger partial charge in [0.15, 0.2) is 0 Å². The van der Waals surface area contributed by atoms with Crippen molar-refractivity contribution in [3.8, 4) is 0 Å². The highest BCUT2D eigenvalue weighted by molar-refractivity contribution is 7.11. The standard InChI is InChI=1S/C15H24N2O3S/c1-11-12(2)21-14(16-11)10-17(7-4-15(18)19-3)13-5-8-20-9-6-13/h13H,4-10H2,1-3H3. The molecule has 1 aliphatic rings. The van der Waals surface area contributed by atoms with E-state index in [0.29, 0.717) is 12.5 Å². The number of hydrogen-bond acceptors (Lipinski definition) is 6. The van der Waals surface area contributed by atoms with Crippen LogP contribution < -0.4 is 0 Å². The molecule has 0 aliphatic carbocycles. The molecule has 118 valence electrons. The summed E-state index contributed by atoms with van der Waals surface area (Å²) in [5.74, 6) is -0.154. The minimum atomic E-state index is -0.154. The Morgan fingerprint density at radius 2 is 2.14 bits per heavy atom. The van der Waals surface area contributed by atoms with Crippen molar-refractivity contribution >= 4 is 17.3 Å². The molecule has 5 nitrogen and oxygen atoms in total. The quantitative estimate of drug-likeness (QED) is 0.755. The van der Waals surface area contributed by atoms with E-state index >= 15 is 0 Å². The van der Waals surface area contributed by atoms with Gasteiger partial charge < -0.3 is 9.47 Å². The summed E-state index contributed by atoms with van der Waals surface area (Å²) in [6, 6.07) is 0.466. The molecule has 1 aromatic heterocycles. The number of thiazole rings is 1. The van der Waals surface area contributed by atoms with Gasteiger partial charge >= 0.3 is 5.97 Å². The van der Waals surface area contributed by atoms with Gasteiger partial charge in [0.1, 0.15) is 5.01 Å². The Morgan fingerprint density at radius 1 is 1.43 bits per heavy atom. The van der Waals surface area contributed by atoms with Gasteiger partial charge in [0, 0.05) is 30.7 Å². The van der Waals surface area contributed by atoms with Crippen LogP contribution in [0.25, 0.3) is 0 Å². The predicted molar refractivity (Wildman–Crippen MR) is 82.5 cm³/mol. The maximum absolute atomic E-state index is 11.4. The summed E-state index contributed by atoms with van der Waals surface area (Å²) >= 11 is 1.75. The first kappa shape index (κ1) is 16.4. The molecule has 1 saturated heterocycles. The number of esters is 1. The lowest BCUT2D eigenvalue weighted by atomic mass is 10.1. The fraction of sp³-hybridized carbons (Fsp3) is 0.733. The molecule has 0 unspecified atom stereocenters. The smallest absolute Gasteiger partial charge is 0.306 e. The average molecular weight is 312 g/mol. The molecule has 1 aliphatic heterocycles. The third-order valence-corrected chi connectivity index (χ3v) is 5.01. The van der Waals surface area contributed by atoms with Crippen molar-refractivity contribution in [2.45, 2.75) is 45.7 Å². The number of methoxy groups -OCH3 is 1. The molecule has 0 atom stereocenters. The van der Waals surface area contributed by atoms with E-state index in [1.165, 1.54) is 12.0 Å². The van der Waals surface area contributed by atoms with Gasteiger partial charge in [0.2, 0.25) is 0 Å². The van der Waals surface area contributed by atoms with Crippen LogP contribution in [0.5, 0.6) is 0 Å². The van der Waals surface area contributed by atoms with Crippen molar-refractivity contribution in [3.05, 3.63) is 15.6 Å². The number of carbonyl (C=O) groups is 1. The van der Waals surface area contributed by atoms with Crippen LogP contribution >= 0.6 is 11.3 Å². The van der Waals surface area contributed by atoms with Crippen LogP contribution in [-0.4, -0.2) is 48.8 Å². The van der Waals surface area contributed by atoms with Gasteiger partial charge in [-0.3, -0.25) is 9.69 Å². The van der Waals surface area contributed by atoms with Crippen molar-refractivity contribution in [2.24, 2.45) is 0 Å². The lowest BCUT2D eigenvalue weighted by Crippen LogP contribution is -2.40. The predicted octanol–water partition coefficient (Wildman–Crippen LogP) is 2.30. The van der Waals surface area contributed by atoms with E-state index in [4.69, 9.17) is 9.47 Å². The normalized spacial score (nSPS) is 16.4. The van der Waals surface area contributed by atoms with Crippen LogP contribution in [0.15, 0.2) is 0 Å². The van der Waals surface area contributed by atoms with Crippen LogP contribution in [0.2, 0.25) is 0 Å². The Balaban J connectivity index is 2.01. The largest absolute Gasteiger partial charge is 0.469 e. The van der Waals surface area contributed by atoms with Crippen molar-refractivity contribution in [1.82, 2.24) is 9.88 Å². The van der Waals surface area contributed by atoms with E-state index in [1.54, 1.807) is 11.3 Å². The summed E-state index contributed by atoms with van der Waals surface area (Å²) in [6.45, 7) is 7.27. The van der Waals surface area contributed by atoms with Crippen molar-refractivity contribution in [1.29, 1.82) is 0 Å². The van der Waals surface area contributed by atoms with Crippen LogP contribution in [0.3, 0.4) is 0 Å². The highest BCUT2D eigenvalue weighted by Crippen LogP contribution is 2.22. The topological polar surface area (TPSA) is 51.7 Å². The molecular formula is C15H24N2O3S. The highest BCUT2D eigenvalue weighted by atomic mass is 32.1. The minimum Gasteiger partial charge on any atom is -0.469 e. The summed E-state index contributed by atoms with van der Waals surface area (Å²) in [6.07, 6.45) is 2.46. The van der Waals surface area contributed by atoms with E-state index in [0.717, 1.165) is 49.8 Å². The second-order valence-electron chi connectivity index (χ2n) is 5.39. The monoisotopic (exact) mass is 312 g/mol. The summed E-state index contributed by atoms with van der Waals surface area (Å²) < 4.78 is 10.2. The zero-order chi connectivity index (χ0) is 15.2. The first-order valence-corrected chi connectivity index (χ1v) is 8.23. The molecule has 1 aromatic rings. The molecule has 2 rings (SSSR count). The van der Waals surface area contributed by atoms with Gasteiger partial charge in [-0.2, -0.15) is 0 Å². The Kier molecular flexibility index (Phi) is 6.14. The molecule has 0 saturated carbocycles. The molecule has 21 heavy (non-hydrogen) atoms. The number of carbonyl (C=O) groups excluding carboxylic acids is 1. The van der Waals surface area contributed by atoms with E-state index in [2.05, 4.69) is 16.8 Å². The summed E-state index contributed by atoms with van der Waals surface area (Å²) in [7, 11) is 1.44. The van der Waals surface area contributed by atoms with Gasteiger partial charge in [0.25, 0.3) is 0 Å². The molecular weight excluding hydrogens is 288 g/mol. The van der Waals surface area contributed by atoms with Gasteiger partial charge in [-0.15, -0.1) is 11.3 Å². The fourth-order valence-electron chi connectivity index (χ4n) is 2.56. The second-order valence-corrected chi connectivity index (χ2v) is 6.68. The number of nitrogens with zero attached hydrogens (tertiary/aromatic N) is 2. The number of rotatable bonds is 6. The summed E-state index contributed by atoms with van der Waals surface area (Å²) in [4.78, 5) is 19.7. The number of aryl methyl sites for hydroxylation is 2. The molecule has 6 heteroatoms. The minimum absolute atomic E-state index is 0.154. The van der Waals surface area contributed by atoms with Gasteiger partial charge in [-0.05, 0) is 26.7 Å². The molecule has 0 radical (unpaired) electrons. The average Bonchev–Trinajstić information content (AvgIpc) is 2.82. The molecule has 0 amide bonds.